The van der Waals surface area contributed by atoms with Crippen LogP contribution in [0.15, 0.2) is 59.6 Å². The van der Waals surface area contributed by atoms with Gasteiger partial charge in [0.25, 0.3) is 5.91 Å². The third-order valence-corrected chi connectivity index (χ3v) is 4.02. The predicted octanol–water partition coefficient (Wildman–Crippen LogP) is 2.88. The fourth-order valence-corrected chi connectivity index (χ4v) is 2.57. The van der Waals surface area contributed by atoms with Crippen molar-refractivity contribution in [2.24, 2.45) is 4.99 Å². The summed E-state index contributed by atoms with van der Waals surface area (Å²) in [5, 5.41) is 0. The smallest absolute Gasteiger partial charge is 0.269 e. The van der Waals surface area contributed by atoms with E-state index in [9.17, 15) is 4.79 Å². The second-order valence-electron chi connectivity index (χ2n) is 5.66. The number of fused-ring (bicyclic) bond motifs is 1. The van der Waals surface area contributed by atoms with Crippen LogP contribution in [-0.4, -0.2) is 24.8 Å². The van der Waals surface area contributed by atoms with Gasteiger partial charge in [-0.1, -0.05) is 30.3 Å². The van der Waals surface area contributed by atoms with Crippen LogP contribution in [0.1, 0.15) is 23.7 Å². The highest BCUT2D eigenvalue weighted by molar-refractivity contribution is 5.97. The summed E-state index contributed by atoms with van der Waals surface area (Å²) in [6, 6.07) is 17.4. The number of hydrogen-bond donors (Lipinski definition) is 2. The monoisotopic (exact) mass is 308 g/mol. The van der Waals surface area contributed by atoms with E-state index in [2.05, 4.69) is 40.8 Å². The van der Waals surface area contributed by atoms with Gasteiger partial charge >= 0.3 is 0 Å². The van der Waals surface area contributed by atoms with Crippen molar-refractivity contribution in [3.63, 3.8) is 0 Å². The van der Waals surface area contributed by atoms with Gasteiger partial charge in [-0.2, -0.15) is 0 Å². The SMILES string of the molecule is C[C@H]1CC(NNC(=O)c2ccccc2)=Nc2ccccc2N1C. The molecule has 0 bridgehead atoms. The Morgan fingerprint density at radius 3 is 2.61 bits per heavy atom. The van der Waals surface area contributed by atoms with Gasteiger partial charge in [-0.05, 0) is 31.2 Å². The standard InChI is InChI=1S/C18H20N4O/c1-13-12-17(19-15-10-6-7-11-16(15)22(13)2)20-21-18(23)14-8-4-3-5-9-14/h3-11,13H,12H2,1-2H3,(H,19,20)(H,21,23)/t13-/m0/s1. The van der Waals surface area contributed by atoms with Crippen LogP contribution >= 0.6 is 0 Å². The minimum atomic E-state index is -0.174. The highest BCUT2D eigenvalue weighted by atomic mass is 16.2. The summed E-state index contributed by atoms with van der Waals surface area (Å²) in [5.74, 6) is 0.574. The molecule has 1 aliphatic rings. The van der Waals surface area contributed by atoms with E-state index in [1.54, 1.807) is 12.1 Å². The van der Waals surface area contributed by atoms with Crippen LogP contribution < -0.4 is 15.8 Å². The van der Waals surface area contributed by atoms with Crippen LogP contribution in [-0.2, 0) is 0 Å². The van der Waals surface area contributed by atoms with Gasteiger partial charge in [-0.3, -0.25) is 15.6 Å². The number of rotatable bonds is 1. The predicted molar refractivity (Wildman–Crippen MR) is 93.1 cm³/mol. The molecule has 1 heterocycles. The number of para-hydroxylation sites is 2. The molecule has 1 aliphatic heterocycles. The summed E-state index contributed by atoms with van der Waals surface area (Å²) in [5.41, 5.74) is 8.30. The van der Waals surface area contributed by atoms with Gasteiger partial charge in [0.2, 0.25) is 0 Å². The van der Waals surface area contributed by atoms with Crippen LogP contribution in [0.3, 0.4) is 0 Å². The Hall–Kier alpha value is -2.82. The average Bonchev–Trinajstić information content (AvgIpc) is 2.71. The lowest BCUT2D eigenvalue weighted by molar-refractivity contribution is 0.0943. The van der Waals surface area contributed by atoms with Crippen molar-refractivity contribution >= 4 is 23.1 Å². The lowest BCUT2D eigenvalue weighted by atomic mass is 10.2. The third kappa shape index (κ3) is 3.34. The van der Waals surface area contributed by atoms with Gasteiger partial charge in [-0.25, -0.2) is 4.99 Å². The van der Waals surface area contributed by atoms with Crippen molar-refractivity contribution in [1.82, 2.24) is 10.9 Å². The second kappa shape index (κ2) is 6.52. The summed E-state index contributed by atoms with van der Waals surface area (Å²) in [4.78, 5) is 19.0. The molecule has 0 aromatic heterocycles. The number of carbonyl (C=O) groups is 1. The molecule has 0 saturated carbocycles. The van der Waals surface area contributed by atoms with Gasteiger partial charge < -0.3 is 4.90 Å². The van der Waals surface area contributed by atoms with E-state index in [0.29, 0.717) is 5.56 Å². The number of nitrogens with zero attached hydrogens (tertiary/aromatic N) is 2. The fraction of sp³-hybridized carbons (Fsp3) is 0.222. The molecule has 23 heavy (non-hydrogen) atoms. The Morgan fingerprint density at radius 1 is 1.13 bits per heavy atom. The van der Waals surface area contributed by atoms with Crippen molar-refractivity contribution in [3.8, 4) is 0 Å². The Kier molecular flexibility index (Phi) is 4.28. The molecule has 2 N–H and O–H groups in total. The molecule has 1 atom stereocenters. The second-order valence-corrected chi connectivity index (χ2v) is 5.66. The molecule has 118 valence electrons. The van der Waals surface area contributed by atoms with Crippen molar-refractivity contribution < 1.29 is 4.79 Å². The molecule has 0 saturated heterocycles. The first kappa shape index (κ1) is 15.1. The van der Waals surface area contributed by atoms with Gasteiger partial charge in [-0.15, -0.1) is 0 Å². The van der Waals surface area contributed by atoms with E-state index in [1.165, 1.54) is 0 Å². The van der Waals surface area contributed by atoms with E-state index in [4.69, 9.17) is 0 Å². The lowest BCUT2D eigenvalue weighted by Gasteiger charge is -2.25. The minimum absolute atomic E-state index is 0.174. The number of anilines is 1. The van der Waals surface area contributed by atoms with Crippen molar-refractivity contribution in [1.29, 1.82) is 0 Å². The van der Waals surface area contributed by atoms with Crippen molar-refractivity contribution in [2.45, 2.75) is 19.4 Å². The molecule has 1 amide bonds. The fourth-order valence-electron chi connectivity index (χ4n) is 2.57. The van der Waals surface area contributed by atoms with E-state index < -0.39 is 0 Å². The zero-order chi connectivity index (χ0) is 16.2. The zero-order valence-corrected chi connectivity index (χ0v) is 13.3. The molecule has 0 radical (unpaired) electrons. The number of carbonyl (C=O) groups excluding carboxylic acids is 1. The summed E-state index contributed by atoms with van der Waals surface area (Å²) in [6.07, 6.45) is 0.722. The summed E-state index contributed by atoms with van der Waals surface area (Å²) >= 11 is 0. The zero-order valence-electron chi connectivity index (χ0n) is 13.3. The number of hydrogen-bond acceptors (Lipinski definition) is 4. The number of nitrogens with one attached hydrogen (secondary N) is 2. The third-order valence-electron chi connectivity index (χ3n) is 4.02. The number of amides is 1. The van der Waals surface area contributed by atoms with Crippen molar-refractivity contribution in [3.05, 3.63) is 60.2 Å². The maximum Gasteiger partial charge on any atom is 0.269 e. The molecule has 0 aliphatic carbocycles. The highest BCUT2D eigenvalue weighted by Crippen LogP contribution is 2.31. The maximum atomic E-state index is 12.1. The summed E-state index contributed by atoms with van der Waals surface area (Å²) < 4.78 is 0. The first-order chi connectivity index (χ1) is 11.1. The molecule has 5 heteroatoms. The van der Waals surface area contributed by atoms with Crippen LogP contribution in [0.25, 0.3) is 0 Å². The molecule has 5 nitrogen and oxygen atoms in total. The van der Waals surface area contributed by atoms with E-state index in [-0.39, 0.29) is 11.9 Å². The average molecular weight is 308 g/mol. The maximum absolute atomic E-state index is 12.1. The molecular weight excluding hydrogens is 288 g/mol. The molecule has 3 rings (SSSR count). The van der Waals surface area contributed by atoms with E-state index in [1.807, 2.05) is 36.4 Å². The minimum Gasteiger partial charge on any atom is -0.370 e. The summed E-state index contributed by atoms with van der Waals surface area (Å²) in [6.45, 7) is 2.14. The van der Waals surface area contributed by atoms with Gasteiger partial charge in [0.05, 0.1) is 11.4 Å². The Balaban J connectivity index is 1.76. The van der Waals surface area contributed by atoms with Gasteiger partial charge in [0, 0.05) is 25.1 Å². The van der Waals surface area contributed by atoms with Crippen LogP contribution in [0, 0.1) is 0 Å². The number of hydrazine groups is 1. The molecular formula is C18H20N4O. The first-order valence-electron chi connectivity index (χ1n) is 7.66. The number of amidine groups is 1. The Morgan fingerprint density at radius 2 is 1.83 bits per heavy atom. The lowest BCUT2D eigenvalue weighted by Crippen LogP contribution is -2.43. The Labute approximate surface area is 136 Å². The van der Waals surface area contributed by atoms with E-state index >= 15 is 0 Å². The van der Waals surface area contributed by atoms with Crippen molar-refractivity contribution in [2.75, 3.05) is 11.9 Å². The molecule has 0 unspecified atom stereocenters. The topological polar surface area (TPSA) is 56.7 Å². The molecule has 0 fully saturated rings. The number of aliphatic imine (C=N–C) groups is 1. The Bertz CT molecular complexity index is 727. The molecule has 0 spiro atoms. The largest absolute Gasteiger partial charge is 0.370 e. The van der Waals surface area contributed by atoms with Crippen LogP contribution in [0.2, 0.25) is 0 Å². The normalized spacial score (nSPS) is 16.9. The summed E-state index contributed by atoms with van der Waals surface area (Å²) in [7, 11) is 2.06. The quantitative estimate of drug-likeness (QED) is 0.797. The number of benzene rings is 2. The molecule has 2 aromatic carbocycles. The highest BCUT2D eigenvalue weighted by Gasteiger charge is 2.20. The first-order valence-corrected chi connectivity index (χ1v) is 7.66. The van der Waals surface area contributed by atoms with Crippen LogP contribution in [0.5, 0.6) is 0 Å². The van der Waals surface area contributed by atoms with Gasteiger partial charge in [0.1, 0.15) is 5.84 Å². The molecule has 2 aromatic rings. The van der Waals surface area contributed by atoms with E-state index in [0.717, 1.165) is 23.6 Å². The van der Waals surface area contributed by atoms with Crippen LogP contribution in [0.4, 0.5) is 11.4 Å². The van der Waals surface area contributed by atoms with Gasteiger partial charge in [0.15, 0.2) is 0 Å².